The van der Waals surface area contributed by atoms with Gasteiger partial charge in [0.25, 0.3) is 0 Å². The number of hydrogen-bond donors (Lipinski definition) is 1. The molecular weight excluding hydrogens is 401 g/mol. The molecule has 0 bridgehead atoms. The third-order valence-electron chi connectivity index (χ3n) is 4.32. The SMILES string of the molecule is CCOC(=O)C1=CC2(CCC1S(=O)(=O)Nc1cc(Cl)ccc1F)OCCO2. The minimum atomic E-state index is -4.16. The number of hydrogen-bond acceptors (Lipinski definition) is 6. The number of ether oxygens (including phenoxy) is 3. The Morgan fingerprint density at radius 1 is 1.41 bits per heavy atom. The van der Waals surface area contributed by atoms with Gasteiger partial charge in [-0.3, -0.25) is 4.72 Å². The van der Waals surface area contributed by atoms with Gasteiger partial charge < -0.3 is 14.2 Å². The maximum atomic E-state index is 14.0. The van der Waals surface area contributed by atoms with Crippen LogP contribution >= 0.6 is 11.6 Å². The Morgan fingerprint density at radius 3 is 2.78 bits per heavy atom. The van der Waals surface area contributed by atoms with Crippen LogP contribution in [0.3, 0.4) is 0 Å². The predicted octanol–water partition coefficient (Wildman–Crippen LogP) is 2.62. The van der Waals surface area contributed by atoms with E-state index in [0.717, 1.165) is 12.1 Å². The largest absolute Gasteiger partial charge is 0.463 e. The number of benzene rings is 1. The summed E-state index contributed by atoms with van der Waals surface area (Å²) in [4.78, 5) is 12.4. The highest BCUT2D eigenvalue weighted by molar-refractivity contribution is 7.93. The molecule has 1 fully saturated rings. The van der Waals surface area contributed by atoms with Crippen molar-refractivity contribution in [3.8, 4) is 0 Å². The standard InChI is InChI=1S/C17H19ClFNO6S/c1-2-24-16(21)12-10-17(25-7-8-26-17)6-5-15(12)27(22,23)20-14-9-11(18)3-4-13(14)19/h3-4,9-10,15,20H,2,5-8H2,1H3. The van der Waals surface area contributed by atoms with Crippen LogP contribution in [-0.2, 0) is 29.0 Å². The Kier molecular flexibility index (Phi) is 5.76. The predicted molar refractivity (Wildman–Crippen MR) is 96.3 cm³/mol. The van der Waals surface area contributed by atoms with Crippen molar-refractivity contribution in [2.75, 3.05) is 24.5 Å². The van der Waals surface area contributed by atoms with Gasteiger partial charge in [-0.25, -0.2) is 17.6 Å². The molecule has 1 atom stereocenters. The summed E-state index contributed by atoms with van der Waals surface area (Å²) in [6.07, 6.45) is 1.64. The van der Waals surface area contributed by atoms with E-state index in [1.807, 2.05) is 0 Å². The van der Waals surface area contributed by atoms with E-state index in [9.17, 15) is 17.6 Å². The summed E-state index contributed by atoms with van der Waals surface area (Å²) in [6.45, 7) is 2.38. The Hall–Kier alpha value is -1.68. The number of esters is 1. The molecule has 3 rings (SSSR count). The van der Waals surface area contributed by atoms with Crippen molar-refractivity contribution in [1.29, 1.82) is 0 Å². The molecule has 1 N–H and O–H groups in total. The van der Waals surface area contributed by atoms with Crippen molar-refractivity contribution in [1.82, 2.24) is 0 Å². The molecule has 1 saturated heterocycles. The Bertz CT molecular complexity index is 866. The maximum Gasteiger partial charge on any atom is 0.335 e. The zero-order valence-electron chi connectivity index (χ0n) is 14.5. The van der Waals surface area contributed by atoms with Gasteiger partial charge >= 0.3 is 5.97 Å². The number of carbonyl (C=O) groups excluding carboxylic acids is 1. The zero-order valence-corrected chi connectivity index (χ0v) is 16.1. The van der Waals surface area contributed by atoms with Crippen molar-refractivity contribution in [3.05, 3.63) is 40.7 Å². The van der Waals surface area contributed by atoms with Gasteiger partial charge in [-0.05, 0) is 37.6 Å². The molecule has 27 heavy (non-hydrogen) atoms. The van der Waals surface area contributed by atoms with Crippen LogP contribution < -0.4 is 4.72 Å². The Morgan fingerprint density at radius 2 is 2.11 bits per heavy atom. The molecule has 1 unspecified atom stereocenters. The summed E-state index contributed by atoms with van der Waals surface area (Å²) in [5, 5.41) is -1.07. The molecule has 7 nitrogen and oxygen atoms in total. The second-order valence-electron chi connectivity index (χ2n) is 6.13. The number of rotatable bonds is 5. The molecule has 0 radical (unpaired) electrons. The molecule has 1 heterocycles. The van der Waals surface area contributed by atoms with E-state index in [1.165, 1.54) is 12.1 Å². The summed E-state index contributed by atoms with van der Waals surface area (Å²) in [6, 6.07) is 3.52. The molecular formula is C17H19ClFNO6S. The van der Waals surface area contributed by atoms with Crippen LogP contribution in [0, 0.1) is 5.82 Å². The number of halogens is 2. The minimum Gasteiger partial charge on any atom is -0.463 e. The lowest BCUT2D eigenvalue weighted by Gasteiger charge is -2.33. The van der Waals surface area contributed by atoms with E-state index >= 15 is 0 Å². The van der Waals surface area contributed by atoms with Crippen LogP contribution in [0.2, 0.25) is 5.02 Å². The molecule has 0 saturated carbocycles. The molecule has 10 heteroatoms. The number of anilines is 1. The Balaban J connectivity index is 1.94. The molecule has 1 spiro atoms. The quantitative estimate of drug-likeness (QED) is 0.738. The van der Waals surface area contributed by atoms with Gasteiger partial charge in [-0.2, -0.15) is 0 Å². The van der Waals surface area contributed by atoms with Crippen LogP contribution in [0.25, 0.3) is 0 Å². The minimum absolute atomic E-state index is 0.0438. The zero-order chi connectivity index (χ0) is 19.7. The molecule has 0 aromatic heterocycles. The van der Waals surface area contributed by atoms with Crippen molar-refractivity contribution in [2.24, 2.45) is 0 Å². The van der Waals surface area contributed by atoms with Gasteiger partial charge in [-0.15, -0.1) is 0 Å². The fourth-order valence-electron chi connectivity index (χ4n) is 3.12. The van der Waals surface area contributed by atoms with Gasteiger partial charge in [0, 0.05) is 11.4 Å². The molecule has 1 aromatic carbocycles. The first-order valence-corrected chi connectivity index (χ1v) is 10.3. The normalized spacial score (nSPS) is 21.7. The lowest BCUT2D eigenvalue weighted by molar-refractivity contribution is -0.143. The van der Waals surface area contributed by atoms with E-state index < -0.39 is 32.8 Å². The van der Waals surface area contributed by atoms with Crippen molar-refractivity contribution >= 4 is 33.3 Å². The summed E-state index contributed by atoms with van der Waals surface area (Å²) < 4.78 is 58.0. The van der Waals surface area contributed by atoms with Gasteiger partial charge in [0.15, 0.2) is 5.79 Å². The van der Waals surface area contributed by atoms with Crippen LogP contribution in [0.4, 0.5) is 10.1 Å². The topological polar surface area (TPSA) is 90.9 Å². The highest BCUT2D eigenvalue weighted by atomic mass is 35.5. The first-order chi connectivity index (χ1) is 12.8. The number of sulfonamides is 1. The van der Waals surface area contributed by atoms with E-state index in [4.69, 9.17) is 25.8 Å². The average Bonchev–Trinajstić information content (AvgIpc) is 3.05. The Labute approximate surface area is 161 Å². The molecule has 1 aliphatic carbocycles. The molecule has 148 valence electrons. The summed E-state index contributed by atoms with van der Waals surface area (Å²) in [5.41, 5.74) is -0.390. The summed E-state index contributed by atoms with van der Waals surface area (Å²) in [5.74, 6) is -2.69. The molecule has 0 amide bonds. The number of nitrogens with one attached hydrogen (secondary N) is 1. The summed E-state index contributed by atoms with van der Waals surface area (Å²) >= 11 is 5.81. The van der Waals surface area contributed by atoms with Gasteiger partial charge in [0.1, 0.15) is 11.1 Å². The fourth-order valence-corrected chi connectivity index (χ4v) is 4.82. The van der Waals surface area contributed by atoms with Crippen molar-refractivity contribution in [3.63, 3.8) is 0 Å². The lowest BCUT2D eigenvalue weighted by Crippen LogP contribution is -2.42. The van der Waals surface area contributed by atoms with Crippen LogP contribution in [0.1, 0.15) is 19.8 Å². The fraction of sp³-hybridized carbons (Fsp3) is 0.471. The van der Waals surface area contributed by atoms with Crippen molar-refractivity contribution < 1.29 is 31.8 Å². The first kappa shape index (κ1) is 20.1. The van der Waals surface area contributed by atoms with Gasteiger partial charge in [0.2, 0.25) is 10.0 Å². The monoisotopic (exact) mass is 419 g/mol. The summed E-state index contributed by atoms with van der Waals surface area (Å²) in [7, 11) is -4.16. The van der Waals surface area contributed by atoms with Crippen LogP contribution in [-0.4, -0.2) is 45.2 Å². The second kappa shape index (κ2) is 7.75. The van der Waals surface area contributed by atoms with Gasteiger partial charge in [-0.1, -0.05) is 11.6 Å². The average molecular weight is 420 g/mol. The smallest absolute Gasteiger partial charge is 0.335 e. The van der Waals surface area contributed by atoms with E-state index in [2.05, 4.69) is 4.72 Å². The van der Waals surface area contributed by atoms with E-state index in [0.29, 0.717) is 13.2 Å². The molecule has 1 aromatic rings. The highest BCUT2D eigenvalue weighted by Crippen LogP contribution is 2.37. The number of carbonyl (C=O) groups is 1. The van der Waals surface area contributed by atoms with E-state index in [-0.39, 0.29) is 35.7 Å². The van der Waals surface area contributed by atoms with Gasteiger partial charge in [0.05, 0.1) is 31.1 Å². The lowest BCUT2D eigenvalue weighted by atomic mass is 9.94. The third kappa shape index (κ3) is 4.26. The van der Waals surface area contributed by atoms with Crippen LogP contribution in [0.5, 0.6) is 0 Å². The third-order valence-corrected chi connectivity index (χ3v) is 6.30. The van der Waals surface area contributed by atoms with Crippen LogP contribution in [0.15, 0.2) is 29.8 Å². The van der Waals surface area contributed by atoms with E-state index in [1.54, 1.807) is 6.92 Å². The maximum absolute atomic E-state index is 14.0. The van der Waals surface area contributed by atoms with Crippen molar-refractivity contribution in [2.45, 2.75) is 30.8 Å². The molecule has 1 aliphatic heterocycles. The second-order valence-corrected chi connectivity index (χ2v) is 8.43. The molecule has 2 aliphatic rings. The first-order valence-electron chi connectivity index (χ1n) is 8.41. The highest BCUT2D eigenvalue weighted by Gasteiger charge is 2.46.